The number of ether oxygens (including phenoxy) is 2. The van der Waals surface area contributed by atoms with E-state index < -0.39 is 5.97 Å². The van der Waals surface area contributed by atoms with Crippen LogP contribution in [0.25, 0.3) is 0 Å². The molecule has 1 heterocycles. The van der Waals surface area contributed by atoms with Crippen LogP contribution in [0.1, 0.15) is 55.6 Å². The highest BCUT2D eigenvalue weighted by atomic mass is 16.6. The molecule has 3 aromatic rings. The number of fused-ring (bicyclic) bond motifs is 1. The predicted molar refractivity (Wildman–Crippen MR) is 144 cm³/mol. The Morgan fingerprint density at radius 3 is 2.43 bits per heavy atom. The van der Waals surface area contributed by atoms with Crippen LogP contribution in [0.3, 0.4) is 0 Å². The average molecular weight is 501 g/mol. The number of nitrogens with zero attached hydrogens (tertiary/aromatic N) is 2. The summed E-state index contributed by atoms with van der Waals surface area (Å²) in [5.41, 5.74) is 3.97. The fraction of sp³-hybridized carbons (Fsp3) is 0.300. The summed E-state index contributed by atoms with van der Waals surface area (Å²) in [5.74, 6) is 0.0618. The van der Waals surface area contributed by atoms with Crippen molar-refractivity contribution in [1.29, 1.82) is 0 Å². The average Bonchev–Trinajstić information content (AvgIpc) is 2.92. The number of hydrogen-bond donors (Lipinski definition) is 0. The van der Waals surface area contributed by atoms with Crippen molar-refractivity contribution < 1.29 is 23.9 Å². The zero-order valence-electron chi connectivity index (χ0n) is 21.4. The van der Waals surface area contributed by atoms with Crippen molar-refractivity contribution in [2.45, 2.75) is 45.7 Å². The van der Waals surface area contributed by atoms with E-state index in [1.807, 2.05) is 66.4 Å². The van der Waals surface area contributed by atoms with E-state index in [4.69, 9.17) is 9.47 Å². The van der Waals surface area contributed by atoms with Crippen LogP contribution in [0, 0.1) is 0 Å². The summed E-state index contributed by atoms with van der Waals surface area (Å²) in [4.78, 5) is 41.1. The molecule has 0 radical (unpaired) electrons. The first-order valence-electron chi connectivity index (χ1n) is 12.6. The minimum Gasteiger partial charge on any atom is -0.482 e. The van der Waals surface area contributed by atoms with Gasteiger partial charge in [0.25, 0.3) is 0 Å². The molecule has 0 spiro atoms. The van der Waals surface area contributed by atoms with Crippen molar-refractivity contribution in [1.82, 2.24) is 0 Å². The Bertz CT molecular complexity index is 1260. The van der Waals surface area contributed by atoms with Gasteiger partial charge in [0, 0.05) is 35.5 Å². The summed E-state index contributed by atoms with van der Waals surface area (Å²) in [6.45, 7) is 5.77. The van der Waals surface area contributed by atoms with Gasteiger partial charge in [-0.15, -0.1) is 0 Å². The van der Waals surface area contributed by atoms with Crippen molar-refractivity contribution in [3.8, 4) is 5.75 Å². The summed E-state index contributed by atoms with van der Waals surface area (Å²) < 4.78 is 10.6. The van der Waals surface area contributed by atoms with Gasteiger partial charge in [-0.05, 0) is 56.2 Å². The number of aldehydes is 1. The van der Waals surface area contributed by atoms with E-state index in [9.17, 15) is 14.4 Å². The number of hydrogen-bond acceptors (Lipinski definition) is 6. The van der Waals surface area contributed by atoms with Gasteiger partial charge in [0.2, 0.25) is 5.91 Å². The first-order valence-corrected chi connectivity index (χ1v) is 12.6. The molecular formula is C30H32N2O5. The number of benzene rings is 3. The van der Waals surface area contributed by atoms with E-state index in [0.29, 0.717) is 29.8 Å². The van der Waals surface area contributed by atoms with Crippen LogP contribution in [0.5, 0.6) is 5.75 Å². The lowest BCUT2D eigenvalue weighted by atomic mass is 9.89. The Balaban J connectivity index is 1.76. The van der Waals surface area contributed by atoms with Gasteiger partial charge in [0.1, 0.15) is 5.75 Å². The maximum atomic E-state index is 13.2. The summed E-state index contributed by atoms with van der Waals surface area (Å²) in [5, 5.41) is 0. The monoisotopic (exact) mass is 500 g/mol. The molecule has 0 bridgehead atoms. The molecule has 0 aromatic heterocycles. The predicted octanol–water partition coefficient (Wildman–Crippen LogP) is 5.86. The lowest BCUT2D eigenvalue weighted by molar-refractivity contribution is -0.145. The second-order valence-electron chi connectivity index (χ2n) is 8.91. The van der Waals surface area contributed by atoms with E-state index in [1.165, 1.54) is 0 Å². The molecule has 2 unspecified atom stereocenters. The smallest absolute Gasteiger partial charge is 0.344 e. The Morgan fingerprint density at radius 1 is 1.00 bits per heavy atom. The first-order chi connectivity index (χ1) is 18.0. The molecule has 0 aliphatic carbocycles. The number of rotatable bonds is 9. The summed E-state index contributed by atoms with van der Waals surface area (Å²) >= 11 is 0. The zero-order valence-corrected chi connectivity index (χ0v) is 21.4. The topological polar surface area (TPSA) is 76.2 Å². The molecular weight excluding hydrogens is 468 g/mol. The maximum Gasteiger partial charge on any atom is 0.344 e. The lowest BCUT2D eigenvalue weighted by Gasteiger charge is -2.45. The van der Waals surface area contributed by atoms with Crippen molar-refractivity contribution in [3.63, 3.8) is 0 Å². The molecule has 1 amide bonds. The molecule has 3 aromatic carbocycles. The van der Waals surface area contributed by atoms with Crippen molar-refractivity contribution in [3.05, 3.63) is 83.9 Å². The van der Waals surface area contributed by atoms with Gasteiger partial charge >= 0.3 is 5.97 Å². The van der Waals surface area contributed by atoms with E-state index in [-0.39, 0.29) is 31.2 Å². The van der Waals surface area contributed by atoms with Crippen LogP contribution in [-0.2, 0) is 14.3 Å². The third kappa shape index (κ3) is 5.50. The maximum absolute atomic E-state index is 13.2. The third-order valence-corrected chi connectivity index (χ3v) is 6.53. The van der Waals surface area contributed by atoms with Crippen molar-refractivity contribution in [2.75, 3.05) is 23.0 Å². The van der Waals surface area contributed by atoms with Gasteiger partial charge in [-0.1, -0.05) is 43.3 Å². The van der Waals surface area contributed by atoms with Crippen LogP contribution in [0.2, 0.25) is 0 Å². The Hall–Kier alpha value is -4.13. The van der Waals surface area contributed by atoms with Crippen LogP contribution in [0.4, 0.5) is 17.1 Å². The van der Waals surface area contributed by atoms with Crippen molar-refractivity contribution in [2.24, 2.45) is 0 Å². The molecule has 7 heteroatoms. The van der Waals surface area contributed by atoms with Gasteiger partial charge in [0.15, 0.2) is 12.9 Å². The highest BCUT2D eigenvalue weighted by molar-refractivity contribution is 5.95. The highest BCUT2D eigenvalue weighted by Crippen LogP contribution is 2.46. The Labute approximate surface area is 217 Å². The summed E-state index contributed by atoms with van der Waals surface area (Å²) in [6.07, 6.45) is 1.87. The largest absolute Gasteiger partial charge is 0.482 e. The highest BCUT2D eigenvalue weighted by Gasteiger charge is 2.37. The normalized spacial score (nSPS) is 16.5. The SMILES string of the molecule is CCOC(=O)COc1ccc(C=O)c(N2c3ccccc3C(N(C(=O)CC)c3ccccc3)CC2C)c1. The fourth-order valence-electron chi connectivity index (χ4n) is 4.92. The summed E-state index contributed by atoms with van der Waals surface area (Å²) in [6, 6.07) is 22.7. The second-order valence-corrected chi connectivity index (χ2v) is 8.91. The number of carbonyl (C=O) groups is 3. The minimum atomic E-state index is -0.454. The van der Waals surface area contributed by atoms with Crippen LogP contribution >= 0.6 is 0 Å². The fourth-order valence-corrected chi connectivity index (χ4v) is 4.92. The molecule has 0 N–H and O–H groups in total. The molecule has 7 nitrogen and oxygen atoms in total. The zero-order chi connectivity index (χ0) is 26.4. The third-order valence-electron chi connectivity index (χ3n) is 6.53. The number of anilines is 3. The van der Waals surface area contributed by atoms with Gasteiger partial charge in [-0.3, -0.25) is 9.59 Å². The molecule has 192 valence electrons. The molecule has 4 rings (SSSR count). The lowest BCUT2D eigenvalue weighted by Crippen LogP contribution is -2.43. The van der Waals surface area contributed by atoms with E-state index in [1.54, 1.807) is 25.1 Å². The van der Waals surface area contributed by atoms with Gasteiger partial charge in [-0.25, -0.2) is 4.79 Å². The van der Waals surface area contributed by atoms with E-state index in [2.05, 4.69) is 11.8 Å². The molecule has 1 aliphatic rings. The Kier molecular flexibility index (Phi) is 8.23. The van der Waals surface area contributed by atoms with Crippen LogP contribution in [-0.4, -0.2) is 37.4 Å². The van der Waals surface area contributed by atoms with Crippen molar-refractivity contribution >= 4 is 35.2 Å². The van der Waals surface area contributed by atoms with Gasteiger partial charge in [0.05, 0.1) is 18.3 Å². The van der Waals surface area contributed by atoms with Gasteiger partial charge in [-0.2, -0.15) is 0 Å². The van der Waals surface area contributed by atoms with E-state index in [0.717, 1.165) is 23.2 Å². The molecule has 0 fully saturated rings. The number of esters is 1. The molecule has 37 heavy (non-hydrogen) atoms. The first kappa shape index (κ1) is 25.9. The molecule has 1 aliphatic heterocycles. The quantitative estimate of drug-likeness (QED) is 0.271. The molecule has 0 saturated carbocycles. The second kappa shape index (κ2) is 11.7. The van der Waals surface area contributed by atoms with Crippen LogP contribution in [0.15, 0.2) is 72.8 Å². The Morgan fingerprint density at radius 2 is 1.73 bits per heavy atom. The van der Waals surface area contributed by atoms with Gasteiger partial charge < -0.3 is 19.3 Å². The number of para-hydroxylation sites is 2. The van der Waals surface area contributed by atoms with E-state index >= 15 is 0 Å². The molecule has 2 atom stereocenters. The summed E-state index contributed by atoms with van der Waals surface area (Å²) in [7, 11) is 0. The molecule has 0 saturated heterocycles. The number of carbonyl (C=O) groups excluding carboxylic acids is 3. The van der Waals surface area contributed by atoms with Crippen LogP contribution < -0.4 is 14.5 Å². The standard InChI is InChI=1S/C30H32N2O5/c1-4-29(34)32(23-11-7-6-8-12-23)28-17-21(3)31(26-14-10-9-13-25(26)28)27-18-24(16-15-22(27)19-33)37-20-30(35)36-5-2/h6-16,18-19,21,28H,4-5,17,20H2,1-3H3. The number of amides is 1. The minimum absolute atomic E-state index is 0.0465.